The van der Waals surface area contributed by atoms with Gasteiger partial charge in [-0.2, -0.15) is 0 Å². The molecule has 2 heterocycles. The molecule has 3 rings (SSSR count). The Morgan fingerprint density at radius 3 is 2.67 bits per heavy atom. The molecule has 7 heteroatoms. The summed E-state index contributed by atoms with van der Waals surface area (Å²) in [5.74, 6) is 0.00184. The van der Waals surface area contributed by atoms with Gasteiger partial charge in [0.15, 0.2) is 9.84 Å². The number of rotatable bonds is 2. The summed E-state index contributed by atoms with van der Waals surface area (Å²) in [4.78, 5) is 16.6. The number of benzene rings is 1. The van der Waals surface area contributed by atoms with E-state index in [2.05, 4.69) is 26.2 Å². The van der Waals surface area contributed by atoms with Crippen molar-refractivity contribution in [1.29, 1.82) is 0 Å². The molecule has 1 fully saturated rings. The van der Waals surface area contributed by atoms with E-state index in [0.29, 0.717) is 26.2 Å². The first-order valence-electron chi connectivity index (χ1n) is 5.91. The smallest absolute Gasteiger partial charge is 0.264 e. The lowest BCUT2D eigenvalue weighted by Gasteiger charge is -1.95. The van der Waals surface area contributed by atoms with Crippen molar-refractivity contribution in [3.8, 4) is 0 Å². The van der Waals surface area contributed by atoms with Crippen LogP contribution in [-0.2, 0) is 4.79 Å². The van der Waals surface area contributed by atoms with Crippen LogP contribution in [0.4, 0.5) is 10.1 Å². The van der Waals surface area contributed by atoms with Crippen LogP contribution < -0.4 is 5.32 Å². The first-order valence-corrected chi connectivity index (χ1v) is 7.51. The summed E-state index contributed by atoms with van der Waals surface area (Å²) < 4.78 is 18.7. The molecular weight excluding hydrogens is 359 g/mol. The second-order valence-electron chi connectivity index (χ2n) is 4.10. The second-order valence-corrected chi connectivity index (χ2v) is 5.91. The zero-order chi connectivity index (χ0) is 14.8. The molecule has 0 unspecified atom stereocenters. The van der Waals surface area contributed by atoms with Crippen molar-refractivity contribution in [3.05, 3.63) is 57.6 Å². The summed E-state index contributed by atoms with van der Waals surface area (Å²) in [6.07, 6.45) is 1.64. The summed E-state index contributed by atoms with van der Waals surface area (Å²) in [7, 11) is 0. The summed E-state index contributed by atoms with van der Waals surface area (Å²) >= 11 is 4.40. The van der Waals surface area contributed by atoms with Gasteiger partial charge in [-0.25, -0.2) is 9.38 Å². The summed E-state index contributed by atoms with van der Waals surface area (Å²) in [6, 6.07) is 9.22. The normalized spacial score (nSPS) is 18.5. The third-order valence-electron chi connectivity index (χ3n) is 2.58. The van der Waals surface area contributed by atoms with Gasteiger partial charge in [-0.1, -0.05) is 0 Å². The van der Waals surface area contributed by atoms with Crippen LogP contribution in [0.5, 0.6) is 0 Å². The van der Waals surface area contributed by atoms with Gasteiger partial charge < -0.3 is 9.73 Å². The number of nitrogens with zero attached hydrogens (tertiary/aromatic N) is 1. The molecule has 0 spiro atoms. The molecule has 21 heavy (non-hydrogen) atoms. The van der Waals surface area contributed by atoms with Gasteiger partial charge in [0.25, 0.3) is 5.91 Å². The van der Waals surface area contributed by atoms with E-state index >= 15 is 0 Å². The van der Waals surface area contributed by atoms with Crippen LogP contribution >= 0.6 is 27.7 Å². The number of nitrogens with one attached hydrogen (secondary N) is 1. The van der Waals surface area contributed by atoms with E-state index in [9.17, 15) is 9.18 Å². The summed E-state index contributed by atoms with van der Waals surface area (Å²) in [6.45, 7) is 0. The van der Waals surface area contributed by atoms with Crippen LogP contribution in [0.3, 0.4) is 0 Å². The predicted octanol–water partition coefficient (Wildman–Crippen LogP) is 4.07. The van der Waals surface area contributed by atoms with Gasteiger partial charge in [0.1, 0.15) is 11.6 Å². The molecule has 106 valence electrons. The monoisotopic (exact) mass is 366 g/mol. The van der Waals surface area contributed by atoms with Crippen LogP contribution in [0.2, 0.25) is 0 Å². The fraction of sp³-hybridized carbons (Fsp3) is 0. The van der Waals surface area contributed by atoms with Crippen LogP contribution in [-0.4, -0.2) is 11.1 Å². The largest absolute Gasteiger partial charge is 0.450 e. The first-order chi connectivity index (χ1) is 10.1. The van der Waals surface area contributed by atoms with E-state index in [1.165, 1.54) is 23.9 Å². The molecule has 1 aromatic heterocycles. The Bertz CT molecular complexity index is 753. The molecule has 0 bridgehead atoms. The van der Waals surface area contributed by atoms with Crippen LogP contribution in [0.15, 0.2) is 55.4 Å². The molecule has 1 amide bonds. The fourth-order valence-corrected chi connectivity index (χ4v) is 2.79. The van der Waals surface area contributed by atoms with E-state index in [-0.39, 0.29) is 11.7 Å². The molecule has 2 aromatic rings. The minimum atomic E-state index is -0.328. The minimum Gasteiger partial charge on any atom is -0.450 e. The molecule has 4 nitrogen and oxygen atoms in total. The van der Waals surface area contributed by atoms with Gasteiger partial charge in [0.2, 0.25) is 0 Å². The van der Waals surface area contributed by atoms with Gasteiger partial charge >= 0.3 is 0 Å². The van der Waals surface area contributed by atoms with E-state index in [0.717, 1.165) is 0 Å². The number of hydrogen-bond acceptors (Lipinski definition) is 4. The van der Waals surface area contributed by atoms with E-state index in [4.69, 9.17) is 4.42 Å². The maximum absolute atomic E-state index is 12.8. The van der Waals surface area contributed by atoms with E-state index in [1.807, 2.05) is 0 Å². The van der Waals surface area contributed by atoms with Crippen molar-refractivity contribution in [2.75, 3.05) is 0 Å². The molecule has 1 aliphatic heterocycles. The van der Waals surface area contributed by atoms with Crippen LogP contribution in [0, 0.1) is 5.82 Å². The standard InChI is InChI=1S/C14H8BrFN2O2S/c15-12-6-5-10(20-12)7-11-13(19)18-14(21-11)17-9-3-1-8(16)2-4-9/h1-7H,(H,17,18,19). The quantitative estimate of drug-likeness (QED) is 0.814. The van der Waals surface area contributed by atoms with E-state index < -0.39 is 0 Å². The van der Waals surface area contributed by atoms with Crippen molar-refractivity contribution >= 4 is 50.5 Å². The molecule has 0 radical (unpaired) electrons. The number of carbonyl (C=O) groups excluding carboxylic acids is 1. The van der Waals surface area contributed by atoms with Gasteiger partial charge in [0.05, 0.1) is 10.6 Å². The topological polar surface area (TPSA) is 54.6 Å². The van der Waals surface area contributed by atoms with Crippen LogP contribution in [0.1, 0.15) is 5.76 Å². The summed E-state index contributed by atoms with van der Waals surface area (Å²) in [5.41, 5.74) is 0.571. The van der Waals surface area contributed by atoms with Crippen molar-refractivity contribution in [2.24, 2.45) is 4.99 Å². The highest BCUT2D eigenvalue weighted by Gasteiger charge is 2.24. The van der Waals surface area contributed by atoms with Gasteiger partial charge in [0, 0.05) is 6.08 Å². The van der Waals surface area contributed by atoms with Crippen molar-refractivity contribution < 1.29 is 13.6 Å². The number of furan rings is 1. The highest BCUT2D eigenvalue weighted by Crippen LogP contribution is 2.29. The Balaban J connectivity index is 1.81. The number of hydrogen-bond donors (Lipinski definition) is 1. The second kappa shape index (κ2) is 5.87. The van der Waals surface area contributed by atoms with Gasteiger partial charge in [-0.15, -0.1) is 0 Å². The predicted molar refractivity (Wildman–Crippen MR) is 83.6 cm³/mol. The number of halogens is 2. The Labute approximate surface area is 132 Å². The lowest BCUT2D eigenvalue weighted by molar-refractivity contribution is -0.115. The Kier molecular flexibility index (Phi) is 3.94. The lowest BCUT2D eigenvalue weighted by Crippen LogP contribution is -2.19. The molecule has 1 saturated heterocycles. The summed E-state index contributed by atoms with van der Waals surface area (Å²) in [5, 5.41) is 3.10. The number of amidine groups is 1. The number of amides is 1. The SMILES string of the molecule is O=C1NC(=Nc2ccc(F)cc2)SC1=Cc1ccc(Br)o1. The maximum Gasteiger partial charge on any atom is 0.264 e. The molecule has 1 aliphatic rings. The number of thioether (sulfide) groups is 1. The van der Waals surface area contributed by atoms with Gasteiger partial charge in [-0.05, 0) is 64.1 Å². The fourth-order valence-electron chi connectivity index (χ4n) is 1.65. The highest BCUT2D eigenvalue weighted by atomic mass is 79.9. The van der Waals surface area contributed by atoms with Crippen molar-refractivity contribution in [3.63, 3.8) is 0 Å². The average Bonchev–Trinajstić information content (AvgIpc) is 3.00. The molecule has 1 aromatic carbocycles. The Morgan fingerprint density at radius 1 is 1.24 bits per heavy atom. The molecule has 0 atom stereocenters. The highest BCUT2D eigenvalue weighted by molar-refractivity contribution is 9.10. The van der Waals surface area contributed by atoms with Crippen LogP contribution in [0.25, 0.3) is 6.08 Å². The molecule has 1 N–H and O–H groups in total. The van der Waals surface area contributed by atoms with E-state index in [1.54, 1.807) is 30.3 Å². The van der Waals surface area contributed by atoms with Crippen molar-refractivity contribution in [1.82, 2.24) is 5.32 Å². The zero-order valence-corrected chi connectivity index (χ0v) is 12.9. The molecule has 0 saturated carbocycles. The number of carbonyl (C=O) groups is 1. The third kappa shape index (κ3) is 3.43. The molecule has 0 aliphatic carbocycles. The minimum absolute atomic E-state index is 0.242. The Hall–Kier alpha value is -1.86. The van der Waals surface area contributed by atoms with Crippen molar-refractivity contribution in [2.45, 2.75) is 0 Å². The zero-order valence-electron chi connectivity index (χ0n) is 10.5. The molecular formula is C14H8BrFN2O2S. The maximum atomic E-state index is 12.8. The lowest BCUT2D eigenvalue weighted by atomic mass is 10.3. The van der Waals surface area contributed by atoms with Gasteiger partial charge in [-0.3, -0.25) is 4.79 Å². The average molecular weight is 367 g/mol. The Morgan fingerprint density at radius 2 is 2.00 bits per heavy atom. The first kappa shape index (κ1) is 14.1. The third-order valence-corrected chi connectivity index (χ3v) is 3.91. The number of aliphatic imine (C=N–C) groups is 1.